The summed E-state index contributed by atoms with van der Waals surface area (Å²) in [5, 5.41) is 0. The van der Waals surface area contributed by atoms with Gasteiger partial charge in [0.25, 0.3) is 0 Å². The van der Waals surface area contributed by atoms with E-state index in [9.17, 15) is 0 Å². The number of hydrogen-bond acceptors (Lipinski definition) is 2. The van der Waals surface area contributed by atoms with Gasteiger partial charge < -0.3 is 5.73 Å². The van der Waals surface area contributed by atoms with Gasteiger partial charge in [0, 0.05) is 22.7 Å². The summed E-state index contributed by atoms with van der Waals surface area (Å²) >= 11 is 3.47. The monoisotopic (exact) mass is 284 g/mol. The fourth-order valence-electron chi connectivity index (χ4n) is 1.74. The van der Waals surface area contributed by atoms with Crippen molar-refractivity contribution < 1.29 is 0 Å². The van der Waals surface area contributed by atoms with Gasteiger partial charge in [-0.3, -0.25) is 4.90 Å². The highest BCUT2D eigenvalue weighted by Crippen LogP contribution is 2.21. The van der Waals surface area contributed by atoms with Crippen molar-refractivity contribution in [2.45, 2.75) is 39.8 Å². The van der Waals surface area contributed by atoms with E-state index in [-0.39, 0.29) is 0 Å². The molecule has 0 heterocycles. The van der Waals surface area contributed by atoms with Crippen molar-refractivity contribution in [1.29, 1.82) is 0 Å². The molecule has 0 aliphatic rings. The summed E-state index contributed by atoms with van der Waals surface area (Å²) < 4.78 is 0.991. The van der Waals surface area contributed by atoms with Gasteiger partial charge in [-0.15, -0.1) is 0 Å². The molecule has 0 bridgehead atoms. The summed E-state index contributed by atoms with van der Waals surface area (Å²) in [6, 6.07) is 6.80. The largest absolute Gasteiger partial charge is 0.398 e. The summed E-state index contributed by atoms with van der Waals surface area (Å²) in [4.78, 5) is 2.47. The second kappa shape index (κ2) is 6.26. The van der Waals surface area contributed by atoms with Crippen molar-refractivity contribution in [3.63, 3.8) is 0 Å². The van der Waals surface area contributed by atoms with Crippen LogP contribution in [0.2, 0.25) is 0 Å². The van der Waals surface area contributed by atoms with Gasteiger partial charge >= 0.3 is 0 Å². The van der Waals surface area contributed by atoms with Gasteiger partial charge in [0.1, 0.15) is 0 Å². The minimum absolute atomic E-state index is 0.626. The molecular formula is C13H21BrN2. The molecule has 0 aromatic heterocycles. The zero-order valence-corrected chi connectivity index (χ0v) is 11.9. The molecule has 0 saturated heterocycles. The fraction of sp³-hybridized carbons (Fsp3) is 0.538. The zero-order chi connectivity index (χ0) is 12.1. The third-order valence-electron chi connectivity index (χ3n) is 3.07. The van der Waals surface area contributed by atoms with Gasteiger partial charge in [-0.25, -0.2) is 0 Å². The topological polar surface area (TPSA) is 29.3 Å². The van der Waals surface area contributed by atoms with Crippen molar-refractivity contribution in [3.8, 4) is 0 Å². The first-order chi connectivity index (χ1) is 7.58. The number of halogens is 1. The van der Waals surface area contributed by atoms with Gasteiger partial charge in [-0.05, 0) is 53.5 Å². The fourth-order valence-corrected chi connectivity index (χ4v) is 2.17. The maximum atomic E-state index is 5.78. The Morgan fingerprint density at radius 2 is 2.06 bits per heavy atom. The number of benzene rings is 1. The highest BCUT2D eigenvalue weighted by atomic mass is 79.9. The number of nitrogen functional groups attached to an aromatic ring is 1. The SMILES string of the molecule is CCC(C)N(CC)Cc1ccc(N)c(Br)c1. The van der Waals surface area contributed by atoms with Gasteiger partial charge in [0.05, 0.1) is 0 Å². The van der Waals surface area contributed by atoms with E-state index in [1.807, 2.05) is 6.07 Å². The van der Waals surface area contributed by atoms with Crippen LogP contribution in [0, 0.1) is 0 Å². The van der Waals surface area contributed by atoms with Crippen LogP contribution in [0.4, 0.5) is 5.69 Å². The summed E-state index contributed by atoms with van der Waals surface area (Å²) in [5.74, 6) is 0. The Morgan fingerprint density at radius 1 is 1.38 bits per heavy atom. The Labute approximate surface area is 107 Å². The van der Waals surface area contributed by atoms with E-state index >= 15 is 0 Å². The number of hydrogen-bond donors (Lipinski definition) is 1. The highest BCUT2D eigenvalue weighted by Gasteiger charge is 2.10. The molecule has 90 valence electrons. The number of anilines is 1. The van der Waals surface area contributed by atoms with Crippen molar-refractivity contribution in [1.82, 2.24) is 4.90 Å². The molecule has 1 atom stereocenters. The summed E-state index contributed by atoms with van der Waals surface area (Å²) in [6.07, 6.45) is 1.18. The van der Waals surface area contributed by atoms with Crippen LogP contribution >= 0.6 is 15.9 Å². The molecule has 1 aromatic rings. The maximum absolute atomic E-state index is 5.78. The van der Waals surface area contributed by atoms with E-state index in [2.05, 4.69) is 53.7 Å². The molecule has 2 N–H and O–H groups in total. The van der Waals surface area contributed by atoms with Crippen LogP contribution < -0.4 is 5.73 Å². The molecule has 0 aliphatic carbocycles. The third-order valence-corrected chi connectivity index (χ3v) is 3.76. The van der Waals surface area contributed by atoms with E-state index in [4.69, 9.17) is 5.73 Å². The molecule has 3 heteroatoms. The first-order valence-electron chi connectivity index (χ1n) is 5.86. The average molecular weight is 285 g/mol. The second-order valence-electron chi connectivity index (χ2n) is 4.18. The lowest BCUT2D eigenvalue weighted by Gasteiger charge is -2.27. The number of nitrogens with zero attached hydrogens (tertiary/aromatic N) is 1. The number of rotatable bonds is 5. The number of nitrogens with two attached hydrogens (primary N) is 1. The standard InChI is InChI=1S/C13H21BrN2/c1-4-10(3)16(5-2)9-11-6-7-13(15)12(14)8-11/h6-8,10H,4-5,9,15H2,1-3H3. The molecule has 0 spiro atoms. The van der Waals surface area contributed by atoms with Gasteiger partial charge in [-0.2, -0.15) is 0 Å². The molecule has 1 rings (SSSR count). The van der Waals surface area contributed by atoms with Crippen LogP contribution in [0.1, 0.15) is 32.8 Å². The lowest BCUT2D eigenvalue weighted by Crippen LogP contribution is -2.31. The first kappa shape index (κ1) is 13.5. The molecule has 1 aromatic carbocycles. The van der Waals surface area contributed by atoms with Crippen LogP contribution in [0.3, 0.4) is 0 Å². The van der Waals surface area contributed by atoms with Crippen molar-refractivity contribution in [3.05, 3.63) is 28.2 Å². The van der Waals surface area contributed by atoms with E-state index in [0.29, 0.717) is 6.04 Å². The Hall–Kier alpha value is -0.540. The molecule has 0 amide bonds. The Bertz CT molecular complexity index is 339. The Morgan fingerprint density at radius 3 is 2.56 bits per heavy atom. The van der Waals surface area contributed by atoms with Crippen LogP contribution in [0.25, 0.3) is 0 Å². The predicted octanol–water partition coefficient (Wildman–Crippen LogP) is 3.65. The zero-order valence-electron chi connectivity index (χ0n) is 10.3. The highest BCUT2D eigenvalue weighted by molar-refractivity contribution is 9.10. The summed E-state index contributed by atoms with van der Waals surface area (Å²) in [6.45, 7) is 8.78. The minimum atomic E-state index is 0.626. The molecule has 0 saturated carbocycles. The van der Waals surface area contributed by atoms with Gasteiger partial charge in [0.15, 0.2) is 0 Å². The smallest absolute Gasteiger partial charge is 0.0458 e. The molecular weight excluding hydrogens is 264 g/mol. The Balaban J connectivity index is 2.74. The minimum Gasteiger partial charge on any atom is -0.398 e. The molecule has 0 radical (unpaired) electrons. The van der Waals surface area contributed by atoms with Crippen LogP contribution in [-0.4, -0.2) is 17.5 Å². The quantitative estimate of drug-likeness (QED) is 0.837. The van der Waals surface area contributed by atoms with Gasteiger partial charge in [-0.1, -0.05) is 19.9 Å². The summed E-state index contributed by atoms with van der Waals surface area (Å²) in [5.41, 5.74) is 7.89. The lowest BCUT2D eigenvalue weighted by molar-refractivity contribution is 0.206. The average Bonchev–Trinajstić information content (AvgIpc) is 2.29. The van der Waals surface area contributed by atoms with Crippen LogP contribution in [0.15, 0.2) is 22.7 Å². The van der Waals surface area contributed by atoms with Crippen molar-refractivity contribution in [2.75, 3.05) is 12.3 Å². The molecule has 16 heavy (non-hydrogen) atoms. The first-order valence-corrected chi connectivity index (χ1v) is 6.65. The molecule has 0 fully saturated rings. The molecule has 2 nitrogen and oxygen atoms in total. The lowest BCUT2D eigenvalue weighted by atomic mass is 10.1. The summed E-state index contributed by atoms with van der Waals surface area (Å²) in [7, 11) is 0. The van der Waals surface area contributed by atoms with Crippen molar-refractivity contribution in [2.24, 2.45) is 0 Å². The normalized spacial score (nSPS) is 13.1. The van der Waals surface area contributed by atoms with Gasteiger partial charge in [0.2, 0.25) is 0 Å². The maximum Gasteiger partial charge on any atom is 0.0458 e. The van der Waals surface area contributed by atoms with E-state index in [1.54, 1.807) is 0 Å². The van der Waals surface area contributed by atoms with Crippen molar-refractivity contribution >= 4 is 21.6 Å². The molecule has 0 aliphatic heterocycles. The van der Waals surface area contributed by atoms with Crippen LogP contribution in [-0.2, 0) is 6.54 Å². The predicted molar refractivity (Wildman–Crippen MR) is 74.4 cm³/mol. The Kier molecular flexibility index (Phi) is 5.29. The molecule has 1 unspecified atom stereocenters. The third kappa shape index (κ3) is 3.49. The van der Waals surface area contributed by atoms with Crippen LogP contribution in [0.5, 0.6) is 0 Å². The van der Waals surface area contributed by atoms with E-state index < -0.39 is 0 Å². The van der Waals surface area contributed by atoms with E-state index in [1.165, 1.54) is 12.0 Å². The van der Waals surface area contributed by atoms with E-state index in [0.717, 1.165) is 23.2 Å². The second-order valence-corrected chi connectivity index (χ2v) is 5.03.